The number of carbonyl (C=O) groups is 1. The summed E-state index contributed by atoms with van der Waals surface area (Å²) in [5.74, 6) is -0.594. The van der Waals surface area contributed by atoms with Gasteiger partial charge >= 0.3 is 6.18 Å². The van der Waals surface area contributed by atoms with Gasteiger partial charge in [-0.2, -0.15) is 13.2 Å². The van der Waals surface area contributed by atoms with Crippen LogP contribution in [-0.2, 0) is 4.79 Å². The molecule has 0 aromatic heterocycles. The minimum Gasteiger partial charge on any atom is -0.330 e. The second kappa shape index (κ2) is 4.84. The number of rotatable bonds is 3. The Labute approximate surface area is 98.3 Å². The van der Waals surface area contributed by atoms with Gasteiger partial charge in [0.1, 0.15) is 6.54 Å². The molecule has 0 aromatic rings. The molecule has 2 aliphatic rings. The molecule has 98 valence electrons. The lowest BCUT2D eigenvalue weighted by molar-refractivity contribution is -0.165. The first kappa shape index (κ1) is 12.7. The average Bonchev–Trinajstić information content (AvgIpc) is 3.09. The molecule has 2 rings (SSSR count). The van der Waals surface area contributed by atoms with Crippen molar-refractivity contribution in [1.82, 2.24) is 10.2 Å². The van der Waals surface area contributed by atoms with Crippen molar-refractivity contribution in [2.75, 3.05) is 19.6 Å². The van der Waals surface area contributed by atoms with E-state index in [1.165, 1.54) is 0 Å². The highest BCUT2D eigenvalue weighted by Gasteiger charge is 2.42. The highest BCUT2D eigenvalue weighted by Crippen LogP contribution is 2.32. The van der Waals surface area contributed by atoms with Crippen molar-refractivity contribution < 1.29 is 18.0 Å². The van der Waals surface area contributed by atoms with Gasteiger partial charge in [-0.15, -0.1) is 0 Å². The zero-order valence-corrected chi connectivity index (χ0v) is 9.59. The van der Waals surface area contributed by atoms with Crippen molar-refractivity contribution >= 4 is 5.91 Å². The minimum atomic E-state index is -4.29. The van der Waals surface area contributed by atoms with E-state index < -0.39 is 12.7 Å². The highest BCUT2D eigenvalue weighted by atomic mass is 19.4. The summed E-state index contributed by atoms with van der Waals surface area (Å²) in [6.45, 7) is 0.277. The number of nitrogens with zero attached hydrogens (tertiary/aromatic N) is 1. The molecule has 0 aromatic carbocycles. The molecule has 1 N–H and O–H groups in total. The van der Waals surface area contributed by atoms with Crippen LogP contribution in [0.2, 0.25) is 0 Å². The molecule has 1 atom stereocenters. The smallest absolute Gasteiger partial charge is 0.330 e. The minimum absolute atomic E-state index is 0.175. The van der Waals surface area contributed by atoms with Gasteiger partial charge in [-0.3, -0.25) is 4.79 Å². The molecule has 1 aliphatic carbocycles. The Kier molecular flexibility index (Phi) is 3.61. The number of carbonyl (C=O) groups excluding carboxylic acids is 1. The molecule has 0 bridgehead atoms. The fourth-order valence-electron chi connectivity index (χ4n) is 2.26. The van der Waals surface area contributed by atoms with Crippen LogP contribution in [0.1, 0.15) is 25.7 Å². The zero-order chi connectivity index (χ0) is 12.5. The molecule has 1 amide bonds. The van der Waals surface area contributed by atoms with E-state index in [-0.39, 0.29) is 17.9 Å². The molecular weight excluding hydrogens is 233 g/mol. The quantitative estimate of drug-likeness (QED) is 0.824. The molecule has 1 saturated carbocycles. The van der Waals surface area contributed by atoms with Crippen molar-refractivity contribution in [3.8, 4) is 0 Å². The molecule has 17 heavy (non-hydrogen) atoms. The SMILES string of the molecule is O=C([C@H]1CCCNC1)N(CC(F)(F)F)C1CC1. The van der Waals surface area contributed by atoms with Crippen LogP contribution in [0.4, 0.5) is 13.2 Å². The largest absolute Gasteiger partial charge is 0.406 e. The fraction of sp³-hybridized carbons (Fsp3) is 0.909. The summed E-state index contributed by atoms with van der Waals surface area (Å²) >= 11 is 0. The second-order valence-electron chi connectivity index (χ2n) is 4.86. The number of hydrogen-bond acceptors (Lipinski definition) is 2. The molecule has 3 nitrogen and oxygen atoms in total. The summed E-state index contributed by atoms with van der Waals surface area (Å²) in [7, 11) is 0. The summed E-state index contributed by atoms with van der Waals surface area (Å²) in [6.07, 6.45) is -1.31. The molecule has 1 aliphatic heterocycles. The maximum Gasteiger partial charge on any atom is 0.406 e. The summed E-state index contributed by atoms with van der Waals surface area (Å²) < 4.78 is 37.2. The Morgan fingerprint density at radius 2 is 2.00 bits per heavy atom. The van der Waals surface area contributed by atoms with Gasteiger partial charge in [-0.25, -0.2) is 0 Å². The molecule has 1 saturated heterocycles. The molecule has 2 fully saturated rings. The molecule has 0 radical (unpaired) electrons. The van der Waals surface area contributed by atoms with E-state index in [4.69, 9.17) is 0 Å². The maximum atomic E-state index is 12.4. The van der Waals surface area contributed by atoms with Gasteiger partial charge in [0.2, 0.25) is 5.91 Å². The molecule has 0 spiro atoms. The van der Waals surface area contributed by atoms with Crippen LogP contribution >= 0.6 is 0 Å². The van der Waals surface area contributed by atoms with E-state index in [0.29, 0.717) is 25.8 Å². The number of alkyl halides is 3. The second-order valence-corrected chi connectivity index (χ2v) is 4.86. The predicted molar refractivity (Wildman–Crippen MR) is 56.4 cm³/mol. The van der Waals surface area contributed by atoms with Gasteiger partial charge in [-0.1, -0.05) is 0 Å². The van der Waals surface area contributed by atoms with Gasteiger partial charge < -0.3 is 10.2 Å². The standard InChI is InChI=1S/C11H17F3N2O/c12-11(13,14)7-16(9-3-4-9)10(17)8-2-1-5-15-6-8/h8-9,15H,1-7H2/t8-/m0/s1. The summed E-state index contributed by atoms with van der Waals surface area (Å²) in [5.41, 5.74) is 0. The Bertz CT molecular complexity index is 283. The lowest BCUT2D eigenvalue weighted by Crippen LogP contribution is -2.47. The van der Waals surface area contributed by atoms with Crippen molar-refractivity contribution in [2.24, 2.45) is 5.92 Å². The van der Waals surface area contributed by atoms with Gasteiger partial charge in [0.25, 0.3) is 0 Å². The number of amides is 1. The van der Waals surface area contributed by atoms with Gasteiger partial charge in [0.05, 0.1) is 5.92 Å². The van der Waals surface area contributed by atoms with E-state index in [9.17, 15) is 18.0 Å². The molecule has 6 heteroatoms. The topological polar surface area (TPSA) is 32.3 Å². The first-order valence-corrected chi connectivity index (χ1v) is 6.05. The molecule has 0 unspecified atom stereocenters. The van der Waals surface area contributed by atoms with Crippen molar-refractivity contribution in [2.45, 2.75) is 37.9 Å². The van der Waals surface area contributed by atoms with Crippen LogP contribution in [0, 0.1) is 5.92 Å². The normalized spacial score (nSPS) is 25.7. The molecular formula is C11H17F3N2O. The van der Waals surface area contributed by atoms with E-state index in [1.54, 1.807) is 0 Å². The van der Waals surface area contributed by atoms with E-state index >= 15 is 0 Å². The summed E-state index contributed by atoms with van der Waals surface area (Å²) in [5, 5.41) is 3.06. The number of nitrogens with one attached hydrogen (secondary N) is 1. The summed E-state index contributed by atoms with van der Waals surface area (Å²) in [6, 6.07) is -0.175. The monoisotopic (exact) mass is 250 g/mol. The Morgan fingerprint density at radius 3 is 2.47 bits per heavy atom. The fourth-order valence-corrected chi connectivity index (χ4v) is 2.26. The number of piperidine rings is 1. The van der Waals surface area contributed by atoms with Crippen LogP contribution in [0.25, 0.3) is 0 Å². The third-order valence-corrected chi connectivity index (χ3v) is 3.27. The van der Waals surface area contributed by atoms with Crippen molar-refractivity contribution in [3.63, 3.8) is 0 Å². The third-order valence-electron chi connectivity index (χ3n) is 3.27. The van der Waals surface area contributed by atoms with Crippen LogP contribution in [-0.4, -0.2) is 42.7 Å². The lowest BCUT2D eigenvalue weighted by atomic mass is 9.98. The summed E-state index contributed by atoms with van der Waals surface area (Å²) in [4.78, 5) is 13.1. The van der Waals surface area contributed by atoms with Gasteiger partial charge in [0.15, 0.2) is 0 Å². The van der Waals surface area contributed by atoms with E-state index in [0.717, 1.165) is 17.9 Å². The van der Waals surface area contributed by atoms with Crippen LogP contribution < -0.4 is 5.32 Å². The van der Waals surface area contributed by atoms with Gasteiger partial charge in [-0.05, 0) is 32.2 Å². The Morgan fingerprint density at radius 1 is 1.29 bits per heavy atom. The molecule has 1 heterocycles. The van der Waals surface area contributed by atoms with Gasteiger partial charge in [0, 0.05) is 12.6 Å². The number of hydrogen-bond donors (Lipinski definition) is 1. The predicted octanol–water partition coefficient (Wildman–Crippen LogP) is 1.54. The highest BCUT2D eigenvalue weighted by molar-refractivity contribution is 5.80. The zero-order valence-electron chi connectivity index (χ0n) is 9.59. The van der Waals surface area contributed by atoms with Crippen molar-refractivity contribution in [3.05, 3.63) is 0 Å². The first-order chi connectivity index (χ1) is 7.97. The first-order valence-electron chi connectivity index (χ1n) is 6.05. The van der Waals surface area contributed by atoms with Crippen LogP contribution in [0.15, 0.2) is 0 Å². The third kappa shape index (κ3) is 3.59. The lowest BCUT2D eigenvalue weighted by Gasteiger charge is -2.30. The Hall–Kier alpha value is -0.780. The van der Waals surface area contributed by atoms with Crippen molar-refractivity contribution in [1.29, 1.82) is 0 Å². The van der Waals surface area contributed by atoms with Crippen LogP contribution in [0.3, 0.4) is 0 Å². The Balaban J connectivity index is 1.97. The van der Waals surface area contributed by atoms with Crippen LogP contribution in [0.5, 0.6) is 0 Å². The van der Waals surface area contributed by atoms with E-state index in [1.807, 2.05) is 0 Å². The van der Waals surface area contributed by atoms with E-state index in [2.05, 4.69) is 5.32 Å². The number of halogens is 3. The maximum absolute atomic E-state index is 12.4. The average molecular weight is 250 g/mol.